The largest absolute Gasteiger partial charge is 0.351 e. The van der Waals surface area contributed by atoms with Crippen molar-refractivity contribution in [3.63, 3.8) is 0 Å². The zero-order valence-corrected chi connectivity index (χ0v) is 12.5. The van der Waals surface area contributed by atoms with Crippen molar-refractivity contribution in [1.82, 2.24) is 15.5 Å². The highest BCUT2D eigenvalue weighted by Gasteiger charge is 2.18. The molecule has 1 aliphatic rings. The van der Waals surface area contributed by atoms with E-state index in [0.717, 1.165) is 38.3 Å². The van der Waals surface area contributed by atoms with E-state index in [1.54, 1.807) is 0 Å². The van der Waals surface area contributed by atoms with Crippen molar-refractivity contribution in [1.29, 1.82) is 0 Å². The van der Waals surface area contributed by atoms with E-state index in [0.29, 0.717) is 13.1 Å². The van der Waals surface area contributed by atoms with Crippen LogP contribution in [0.25, 0.3) is 0 Å². The predicted octanol–water partition coefficient (Wildman–Crippen LogP) is 1.36. The number of hydrogen-bond acceptors (Lipinski definition) is 3. The van der Waals surface area contributed by atoms with Gasteiger partial charge in [0.05, 0.1) is 0 Å². The number of rotatable bonds is 4. The fraction of sp³-hybridized carbons (Fsp3) is 0.462. The molecule has 110 valence electrons. The molecule has 7 heteroatoms. The number of carbonyl (C=O) groups excluding carboxylic acids is 1. The molecule has 2 N–H and O–H groups in total. The van der Waals surface area contributed by atoms with Crippen LogP contribution in [0.5, 0.6) is 0 Å². The summed E-state index contributed by atoms with van der Waals surface area (Å²) in [5, 5.41) is 5.78. The summed E-state index contributed by atoms with van der Waals surface area (Å²) in [5.41, 5.74) is -0.534. The van der Waals surface area contributed by atoms with Gasteiger partial charge in [-0.25, -0.2) is 8.78 Å². The molecular weight excluding hydrogens is 332 g/mol. The van der Waals surface area contributed by atoms with Crippen molar-refractivity contribution in [2.75, 3.05) is 39.3 Å². The summed E-state index contributed by atoms with van der Waals surface area (Å²) < 4.78 is 27.5. The quantitative estimate of drug-likeness (QED) is 0.864. The average molecular weight is 348 g/mol. The Morgan fingerprint density at radius 2 is 1.90 bits per heavy atom. The second-order valence-corrected chi connectivity index (χ2v) is 5.51. The molecule has 0 spiro atoms. The van der Waals surface area contributed by atoms with E-state index in [9.17, 15) is 13.6 Å². The summed E-state index contributed by atoms with van der Waals surface area (Å²) in [6.45, 7) is 4.71. The molecule has 4 nitrogen and oxygen atoms in total. The molecule has 1 fully saturated rings. The first kappa shape index (κ1) is 15.3. The van der Waals surface area contributed by atoms with Crippen molar-refractivity contribution < 1.29 is 13.6 Å². The highest BCUT2D eigenvalue weighted by molar-refractivity contribution is 9.10. The molecule has 0 saturated carbocycles. The summed E-state index contributed by atoms with van der Waals surface area (Å²) in [5.74, 6) is -2.45. The minimum Gasteiger partial charge on any atom is -0.351 e. The van der Waals surface area contributed by atoms with E-state index in [1.807, 2.05) is 0 Å². The van der Waals surface area contributed by atoms with Crippen LogP contribution in [0.15, 0.2) is 16.6 Å². The van der Waals surface area contributed by atoms with Crippen LogP contribution >= 0.6 is 15.9 Å². The SMILES string of the molecule is O=C(NCCN1CCNCC1)c1c(F)cc(Br)cc1F. The van der Waals surface area contributed by atoms with E-state index in [-0.39, 0.29) is 4.47 Å². The van der Waals surface area contributed by atoms with E-state index in [1.165, 1.54) is 0 Å². The molecule has 0 aliphatic carbocycles. The third-order valence-corrected chi connectivity index (χ3v) is 3.61. The van der Waals surface area contributed by atoms with Crippen molar-refractivity contribution >= 4 is 21.8 Å². The Morgan fingerprint density at radius 1 is 1.30 bits per heavy atom. The van der Waals surface area contributed by atoms with Gasteiger partial charge in [-0.1, -0.05) is 15.9 Å². The average Bonchev–Trinajstić information content (AvgIpc) is 2.38. The molecule has 0 aromatic heterocycles. The number of nitrogens with zero attached hydrogens (tertiary/aromatic N) is 1. The Morgan fingerprint density at radius 3 is 2.50 bits per heavy atom. The summed E-state index contributed by atoms with van der Waals surface area (Å²) in [6.07, 6.45) is 0. The normalized spacial score (nSPS) is 16.1. The monoisotopic (exact) mass is 347 g/mol. The van der Waals surface area contributed by atoms with Crippen LogP contribution in [0.4, 0.5) is 8.78 Å². The standard InChI is InChI=1S/C13H16BrF2N3O/c14-9-7-10(15)12(11(16)8-9)13(20)18-3-6-19-4-1-17-2-5-19/h7-8,17H,1-6H2,(H,18,20). The minimum atomic E-state index is -0.864. The van der Waals surface area contributed by atoms with Gasteiger partial charge in [-0.3, -0.25) is 9.69 Å². The number of piperazine rings is 1. The summed E-state index contributed by atoms with van der Waals surface area (Å²) >= 11 is 2.98. The van der Waals surface area contributed by atoms with Gasteiger partial charge in [0, 0.05) is 43.7 Å². The Kier molecular flexibility index (Phi) is 5.45. The zero-order chi connectivity index (χ0) is 14.5. The lowest BCUT2D eigenvalue weighted by atomic mass is 10.2. The zero-order valence-electron chi connectivity index (χ0n) is 10.9. The Balaban J connectivity index is 1.88. The number of carbonyl (C=O) groups is 1. The molecule has 20 heavy (non-hydrogen) atoms. The third-order valence-electron chi connectivity index (χ3n) is 3.16. The third kappa shape index (κ3) is 3.97. The smallest absolute Gasteiger partial charge is 0.257 e. The topological polar surface area (TPSA) is 44.4 Å². The molecule has 1 aromatic rings. The van der Waals surface area contributed by atoms with E-state index < -0.39 is 23.1 Å². The molecule has 0 unspecified atom stereocenters. The maximum absolute atomic E-state index is 13.6. The van der Waals surface area contributed by atoms with Crippen molar-refractivity contribution in [2.45, 2.75) is 0 Å². The maximum Gasteiger partial charge on any atom is 0.257 e. The number of halogens is 3. The first-order valence-electron chi connectivity index (χ1n) is 6.44. The first-order chi connectivity index (χ1) is 9.58. The fourth-order valence-corrected chi connectivity index (χ4v) is 2.51. The van der Waals surface area contributed by atoms with Crippen LogP contribution in [-0.4, -0.2) is 50.1 Å². The molecule has 1 amide bonds. The molecule has 1 saturated heterocycles. The molecule has 0 bridgehead atoms. The Bertz CT molecular complexity index is 469. The molecular formula is C13H16BrF2N3O. The molecule has 0 atom stereocenters. The van der Waals surface area contributed by atoms with Crippen LogP contribution in [0.1, 0.15) is 10.4 Å². The van der Waals surface area contributed by atoms with Crippen LogP contribution in [0.2, 0.25) is 0 Å². The molecule has 1 heterocycles. The van der Waals surface area contributed by atoms with E-state index in [2.05, 4.69) is 31.5 Å². The first-order valence-corrected chi connectivity index (χ1v) is 7.23. The molecule has 1 aliphatic heterocycles. The summed E-state index contributed by atoms with van der Waals surface area (Å²) in [7, 11) is 0. The van der Waals surface area contributed by atoms with Crippen LogP contribution in [0.3, 0.4) is 0 Å². The van der Waals surface area contributed by atoms with Crippen LogP contribution < -0.4 is 10.6 Å². The van der Waals surface area contributed by atoms with Crippen molar-refractivity contribution in [3.8, 4) is 0 Å². The number of hydrogen-bond donors (Lipinski definition) is 2. The van der Waals surface area contributed by atoms with Gasteiger partial charge < -0.3 is 10.6 Å². The highest BCUT2D eigenvalue weighted by Crippen LogP contribution is 2.19. The molecule has 0 radical (unpaired) electrons. The van der Waals surface area contributed by atoms with Gasteiger partial charge >= 0.3 is 0 Å². The number of nitrogens with one attached hydrogen (secondary N) is 2. The number of benzene rings is 1. The van der Waals surface area contributed by atoms with Gasteiger partial charge in [0.1, 0.15) is 17.2 Å². The minimum absolute atomic E-state index is 0.268. The summed E-state index contributed by atoms with van der Waals surface area (Å²) in [6, 6.07) is 2.16. The van der Waals surface area contributed by atoms with Gasteiger partial charge in [-0.15, -0.1) is 0 Å². The molecule has 2 rings (SSSR count). The second kappa shape index (κ2) is 7.10. The van der Waals surface area contributed by atoms with Gasteiger partial charge in [0.25, 0.3) is 5.91 Å². The van der Waals surface area contributed by atoms with Gasteiger partial charge in [-0.2, -0.15) is 0 Å². The fourth-order valence-electron chi connectivity index (χ4n) is 2.11. The van der Waals surface area contributed by atoms with Crippen LogP contribution in [-0.2, 0) is 0 Å². The van der Waals surface area contributed by atoms with Gasteiger partial charge in [0.15, 0.2) is 0 Å². The lowest BCUT2D eigenvalue weighted by Crippen LogP contribution is -2.46. The lowest BCUT2D eigenvalue weighted by molar-refractivity contribution is 0.0939. The van der Waals surface area contributed by atoms with Gasteiger partial charge in [0.2, 0.25) is 0 Å². The number of amides is 1. The van der Waals surface area contributed by atoms with E-state index >= 15 is 0 Å². The van der Waals surface area contributed by atoms with Gasteiger partial charge in [-0.05, 0) is 12.1 Å². The Hall–Kier alpha value is -1.05. The second-order valence-electron chi connectivity index (χ2n) is 4.59. The highest BCUT2D eigenvalue weighted by atomic mass is 79.9. The molecule has 1 aromatic carbocycles. The summed E-state index contributed by atoms with van der Waals surface area (Å²) in [4.78, 5) is 14.0. The maximum atomic E-state index is 13.6. The Labute approximate surface area is 124 Å². The lowest BCUT2D eigenvalue weighted by Gasteiger charge is -2.27. The van der Waals surface area contributed by atoms with Crippen molar-refractivity contribution in [3.05, 3.63) is 33.8 Å². The van der Waals surface area contributed by atoms with E-state index in [4.69, 9.17) is 0 Å². The predicted molar refractivity (Wildman–Crippen MR) is 75.7 cm³/mol. The van der Waals surface area contributed by atoms with Crippen molar-refractivity contribution in [2.24, 2.45) is 0 Å². The van der Waals surface area contributed by atoms with Crippen LogP contribution in [0, 0.1) is 11.6 Å².